The highest BCUT2D eigenvalue weighted by Crippen LogP contribution is 2.28. The molecule has 4 aliphatic heterocycles. The van der Waals surface area contributed by atoms with Crippen LogP contribution in [-0.4, -0.2) is 161 Å². The van der Waals surface area contributed by atoms with E-state index >= 15 is 0 Å². The zero-order chi connectivity index (χ0) is 50.5. The van der Waals surface area contributed by atoms with Gasteiger partial charge in [-0.2, -0.15) is 0 Å². The van der Waals surface area contributed by atoms with Crippen LogP contribution in [0.4, 0.5) is 0 Å². The van der Waals surface area contributed by atoms with Gasteiger partial charge in [-0.15, -0.1) is 0 Å². The molecule has 0 spiro atoms. The highest BCUT2D eigenvalue weighted by Gasteiger charge is 2.39. The molecule has 0 bridgehead atoms. The van der Waals surface area contributed by atoms with Crippen LogP contribution in [0.25, 0.3) is 0 Å². The first-order chi connectivity index (χ1) is 28.4. The van der Waals surface area contributed by atoms with E-state index < -0.39 is 50.1 Å². The van der Waals surface area contributed by atoms with Crippen molar-refractivity contribution in [2.45, 2.75) is 206 Å². The number of carboxylic acid groups (broad SMARTS) is 4. The minimum Gasteiger partial charge on any atom is -0.480 e. The van der Waals surface area contributed by atoms with Gasteiger partial charge in [0.25, 0.3) is 0 Å². The molecular formula is C46H84N6O12. The Morgan fingerprint density at radius 3 is 0.562 bits per heavy atom. The van der Waals surface area contributed by atoms with E-state index in [4.69, 9.17) is 20.4 Å². The van der Waals surface area contributed by atoms with Gasteiger partial charge in [-0.05, 0) is 111 Å². The summed E-state index contributed by atoms with van der Waals surface area (Å²) in [6.45, 7) is 31.0. The van der Waals surface area contributed by atoms with Crippen LogP contribution < -0.4 is 21.3 Å². The topological polar surface area (TPSA) is 272 Å². The molecule has 0 radical (unpaired) electrons. The number of nitrogens with zero attached hydrogens (tertiary/aromatic N) is 2. The van der Waals surface area contributed by atoms with Crippen molar-refractivity contribution < 1.29 is 58.8 Å². The first-order valence-corrected chi connectivity index (χ1v) is 22.0. The van der Waals surface area contributed by atoms with Crippen LogP contribution in [0.2, 0.25) is 0 Å². The highest BCUT2D eigenvalue weighted by atomic mass is 16.4. The van der Waals surface area contributed by atoms with E-state index in [1.807, 2.05) is 0 Å². The van der Waals surface area contributed by atoms with Crippen LogP contribution in [0, 0.1) is 0 Å². The maximum Gasteiger partial charge on any atom is 0.317 e. The summed E-state index contributed by atoms with van der Waals surface area (Å²) in [6, 6.07) is 0. The number of ketones is 4. The molecule has 0 atom stereocenters. The summed E-state index contributed by atoms with van der Waals surface area (Å²) in [5, 5.41) is 48.2. The normalized spacial score (nSPS) is 23.0. The molecule has 8 N–H and O–H groups in total. The van der Waals surface area contributed by atoms with E-state index in [2.05, 4.69) is 132 Å². The Balaban J connectivity index is 0.000000795. The fourth-order valence-corrected chi connectivity index (χ4v) is 9.69. The van der Waals surface area contributed by atoms with Crippen LogP contribution in [0.5, 0.6) is 0 Å². The third kappa shape index (κ3) is 29.0. The predicted molar refractivity (Wildman–Crippen MR) is 246 cm³/mol. The molecule has 18 heteroatoms. The maximum atomic E-state index is 11.3. The molecule has 0 aliphatic carbocycles. The molecule has 4 heterocycles. The molecular weight excluding hydrogens is 829 g/mol. The Morgan fingerprint density at radius 1 is 0.344 bits per heavy atom. The van der Waals surface area contributed by atoms with Gasteiger partial charge >= 0.3 is 23.9 Å². The molecule has 4 aliphatic rings. The molecule has 0 unspecified atom stereocenters. The van der Waals surface area contributed by atoms with Crippen LogP contribution >= 0.6 is 0 Å². The van der Waals surface area contributed by atoms with Crippen molar-refractivity contribution in [3.8, 4) is 0 Å². The van der Waals surface area contributed by atoms with Crippen molar-refractivity contribution in [3.05, 3.63) is 0 Å². The second-order valence-corrected chi connectivity index (χ2v) is 23.1. The number of hydrogen-bond donors (Lipinski definition) is 8. The second-order valence-electron chi connectivity index (χ2n) is 23.1. The van der Waals surface area contributed by atoms with Gasteiger partial charge in [0, 0.05) is 109 Å². The van der Waals surface area contributed by atoms with E-state index in [0.29, 0.717) is 74.5 Å². The van der Waals surface area contributed by atoms with E-state index in [1.165, 1.54) is 0 Å². The van der Waals surface area contributed by atoms with Crippen molar-refractivity contribution in [2.24, 2.45) is 0 Å². The van der Waals surface area contributed by atoms with E-state index in [-0.39, 0.29) is 57.4 Å². The second kappa shape index (κ2) is 23.7. The first kappa shape index (κ1) is 60.3. The molecule has 0 aromatic rings. The molecule has 4 rings (SSSR count). The standard InChI is InChI=1S/C10H16N2O8.4C9H17NO/c13-7(14)3-11(4-8(15)16)1-2-12(5-9(17)18)6-10(19)20;4*1-8(2)5-7(11)6-9(3,4)10-8/h1-6H2,(H,13,14)(H,15,16)(H,17,18)(H,19,20);4*10H,5-6H2,1-4H3. The number of nitrogens with one attached hydrogen (secondary N) is 4. The quantitative estimate of drug-likeness (QED) is 0.146. The Labute approximate surface area is 381 Å². The highest BCUT2D eigenvalue weighted by molar-refractivity contribution is 5.83. The average Bonchev–Trinajstić information content (AvgIpc) is 2.92. The van der Waals surface area contributed by atoms with Crippen LogP contribution in [0.1, 0.15) is 162 Å². The molecule has 0 saturated carbocycles. The Morgan fingerprint density at radius 2 is 0.469 bits per heavy atom. The first-order valence-electron chi connectivity index (χ1n) is 22.0. The van der Waals surface area contributed by atoms with Gasteiger partial charge in [0.15, 0.2) is 0 Å². The monoisotopic (exact) mass is 913 g/mol. The van der Waals surface area contributed by atoms with E-state index in [0.717, 1.165) is 9.80 Å². The number of piperidine rings is 4. The van der Waals surface area contributed by atoms with Gasteiger partial charge in [-0.1, -0.05) is 0 Å². The van der Waals surface area contributed by atoms with Gasteiger partial charge in [0.2, 0.25) is 0 Å². The third-order valence-corrected chi connectivity index (χ3v) is 9.99. The van der Waals surface area contributed by atoms with Gasteiger partial charge < -0.3 is 41.7 Å². The number of carbonyl (C=O) groups excluding carboxylic acids is 4. The Hall–Kier alpha value is -3.68. The number of aliphatic carboxylic acids is 4. The van der Waals surface area contributed by atoms with Gasteiger partial charge in [-0.25, -0.2) is 0 Å². The minimum atomic E-state index is -1.23. The lowest BCUT2D eigenvalue weighted by molar-refractivity contribution is -0.145. The van der Waals surface area contributed by atoms with Crippen molar-refractivity contribution in [1.29, 1.82) is 0 Å². The number of Topliss-reactive ketones (excluding diaryl/α,β-unsaturated/α-hetero) is 4. The number of rotatable bonds is 11. The van der Waals surface area contributed by atoms with Crippen LogP contribution in [-0.2, 0) is 38.4 Å². The Kier molecular flexibility index (Phi) is 22.3. The van der Waals surface area contributed by atoms with Gasteiger partial charge in [0.05, 0.1) is 26.2 Å². The van der Waals surface area contributed by atoms with Crippen molar-refractivity contribution in [2.75, 3.05) is 39.3 Å². The molecule has 370 valence electrons. The minimum absolute atomic E-state index is 0.0150. The zero-order valence-corrected chi connectivity index (χ0v) is 41.8. The van der Waals surface area contributed by atoms with Gasteiger partial charge in [-0.3, -0.25) is 48.2 Å². The average molecular weight is 913 g/mol. The van der Waals surface area contributed by atoms with Crippen molar-refractivity contribution in [3.63, 3.8) is 0 Å². The predicted octanol–water partition coefficient (Wildman–Crippen LogP) is 3.91. The number of carbonyl (C=O) groups is 8. The summed E-state index contributed by atoms with van der Waals surface area (Å²) >= 11 is 0. The smallest absolute Gasteiger partial charge is 0.317 e. The van der Waals surface area contributed by atoms with E-state index in [1.54, 1.807) is 0 Å². The van der Waals surface area contributed by atoms with Crippen LogP contribution in [0.3, 0.4) is 0 Å². The molecule has 0 aromatic carbocycles. The Bertz CT molecular complexity index is 1360. The lowest BCUT2D eigenvalue weighted by Crippen LogP contribution is -2.58. The van der Waals surface area contributed by atoms with Crippen molar-refractivity contribution in [1.82, 2.24) is 31.1 Å². The zero-order valence-electron chi connectivity index (χ0n) is 41.8. The largest absolute Gasteiger partial charge is 0.480 e. The molecule has 0 aromatic heterocycles. The molecule has 4 fully saturated rings. The number of carboxylic acids is 4. The van der Waals surface area contributed by atoms with Gasteiger partial charge in [0.1, 0.15) is 23.1 Å². The summed E-state index contributed by atoms with van der Waals surface area (Å²) in [6.07, 6.45) is 5.30. The fraction of sp³-hybridized carbons (Fsp3) is 0.826. The third-order valence-electron chi connectivity index (χ3n) is 9.99. The summed E-state index contributed by atoms with van der Waals surface area (Å²) < 4.78 is 0. The molecule has 4 saturated heterocycles. The maximum absolute atomic E-state index is 11.3. The summed E-state index contributed by atoms with van der Waals surface area (Å²) in [4.78, 5) is 89.4. The van der Waals surface area contributed by atoms with E-state index in [9.17, 15) is 38.4 Å². The SMILES string of the molecule is CC1(C)CC(=O)CC(C)(C)N1.CC1(C)CC(=O)CC(C)(C)N1.CC1(C)CC(=O)CC(C)(C)N1.CC1(C)CC(=O)CC(C)(C)N1.O=C(O)CN(CCN(CC(=O)O)CC(=O)O)CC(=O)O. The molecule has 64 heavy (non-hydrogen) atoms. The van der Waals surface area contributed by atoms with Crippen LogP contribution in [0.15, 0.2) is 0 Å². The fourth-order valence-electron chi connectivity index (χ4n) is 9.69. The lowest BCUT2D eigenvalue weighted by Gasteiger charge is -2.41. The molecule has 18 nitrogen and oxygen atoms in total. The van der Waals surface area contributed by atoms with Crippen molar-refractivity contribution >= 4 is 47.0 Å². The lowest BCUT2D eigenvalue weighted by atomic mass is 9.82. The summed E-state index contributed by atoms with van der Waals surface area (Å²) in [5.74, 6) is -3.41. The summed E-state index contributed by atoms with van der Waals surface area (Å²) in [5.41, 5.74) is -0.120. The molecule has 0 amide bonds. The summed E-state index contributed by atoms with van der Waals surface area (Å²) in [7, 11) is 0. The number of hydrogen-bond acceptors (Lipinski definition) is 14.